The summed E-state index contributed by atoms with van der Waals surface area (Å²) in [7, 11) is 0. The second-order valence-corrected chi connectivity index (χ2v) is 8.67. The number of nitrogens with one attached hydrogen (secondary N) is 1. The van der Waals surface area contributed by atoms with Crippen molar-refractivity contribution in [1.82, 2.24) is 5.32 Å². The maximum Gasteiger partial charge on any atom is 0.127 e. The van der Waals surface area contributed by atoms with Gasteiger partial charge in [-0.3, -0.25) is 0 Å². The van der Waals surface area contributed by atoms with Gasteiger partial charge in [0.05, 0.1) is 6.10 Å². The van der Waals surface area contributed by atoms with Gasteiger partial charge in [-0.15, -0.1) is 0 Å². The minimum absolute atomic E-state index is 0.0372. The minimum atomic E-state index is -0.247. The summed E-state index contributed by atoms with van der Waals surface area (Å²) < 4.78 is 5.90. The number of benzene rings is 2. The van der Waals surface area contributed by atoms with Crippen LogP contribution in [0.5, 0.6) is 11.5 Å². The van der Waals surface area contributed by atoms with Crippen LogP contribution in [0.25, 0.3) is 0 Å². The topological polar surface area (TPSA) is 41.5 Å². The van der Waals surface area contributed by atoms with Crippen LogP contribution in [-0.2, 0) is 6.42 Å². The van der Waals surface area contributed by atoms with E-state index in [0.29, 0.717) is 5.92 Å². The highest BCUT2D eigenvalue weighted by atomic mass is 16.5. The second-order valence-electron chi connectivity index (χ2n) is 8.67. The van der Waals surface area contributed by atoms with Crippen molar-refractivity contribution in [2.75, 3.05) is 0 Å². The number of hydrogen-bond acceptors (Lipinski definition) is 3. The molecule has 1 aliphatic rings. The van der Waals surface area contributed by atoms with Gasteiger partial charge in [-0.2, -0.15) is 0 Å². The van der Waals surface area contributed by atoms with Crippen molar-refractivity contribution in [3.8, 4) is 11.5 Å². The Hall–Kier alpha value is -1.84. The Morgan fingerprint density at radius 3 is 2.12 bits per heavy atom. The van der Waals surface area contributed by atoms with Gasteiger partial charge in [-0.1, -0.05) is 29.8 Å². The largest absolute Gasteiger partial charge is 0.457 e. The molecule has 1 aliphatic carbocycles. The molecule has 2 aromatic rings. The molecule has 0 heterocycles. The van der Waals surface area contributed by atoms with Gasteiger partial charge in [-0.05, 0) is 82.7 Å². The molecule has 0 bridgehead atoms. The standard InChI is InChI=1S/C23H31NO2/c1-16-5-9-19(10-6-16)26-20-11-7-17(8-12-20)13-18-14-21(22(25)15-18)24-23(2,3)4/h5-12,18,21-22,24-25H,13-15H2,1-4H3. The summed E-state index contributed by atoms with van der Waals surface area (Å²) in [5, 5.41) is 13.9. The highest BCUT2D eigenvalue weighted by Crippen LogP contribution is 2.31. The van der Waals surface area contributed by atoms with Gasteiger partial charge in [0.15, 0.2) is 0 Å². The number of aliphatic hydroxyl groups is 1. The zero-order valence-electron chi connectivity index (χ0n) is 16.3. The van der Waals surface area contributed by atoms with E-state index in [1.165, 1.54) is 11.1 Å². The summed E-state index contributed by atoms with van der Waals surface area (Å²) in [6.07, 6.45) is 2.66. The third kappa shape index (κ3) is 5.33. The predicted octanol–water partition coefficient (Wildman–Crippen LogP) is 4.86. The molecule has 26 heavy (non-hydrogen) atoms. The van der Waals surface area contributed by atoms with Crippen LogP contribution in [0.3, 0.4) is 0 Å². The van der Waals surface area contributed by atoms with Crippen LogP contribution in [0.15, 0.2) is 48.5 Å². The summed E-state index contributed by atoms with van der Waals surface area (Å²) in [4.78, 5) is 0. The third-order valence-corrected chi connectivity index (χ3v) is 4.95. The molecule has 3 heteroatoms. The van der Waals surface area contributed by atoms with E-state index in [4.69, 9.17) is 4.74 Å². The number of aryl methyl sites for hydroxylation is 1. The first kappa shape index (κ1) is 18.9. The van der Waals surface area contributed by atoms with Crippen LogP contribution < -0.4 is 10.1 Å². The SMILES string of the molecule is Cc1ccc(Oc2ccc(CC3CC(O)C(NC(C)(C)C)C3)cc2)cc1. The van der Waals surface area contributed by atoms with Crippen LogP contribution in [-0.4, -0.2) is 22.8 Å². The fraction of sp³-hybridized carbons (Fsp3) is 0.478. The normalized spacial score (nSPS) is 23.2. The van der Waals surface area contributed by atoms with Crippen molar-refractivity contribution < 1.29 is 9.84 Å². The number of hydrogen-bond donors (Lipinski definition) is 2. The molecule has 0 aliphatic heterocycles. The maximum atomic E-state index is 10.3. The number of rotatable bonds is 5. The van der Waals surface area contributed by atoms with Crippen LogP contribution in [0.2, 0.25) is 0 Å². The smallest absolute Gasteiger partial charge is 0.127 e. The van der Waals surface area contributed by atoms with Gasteiger partial charge in [0.1, 0.15) is 11.5 Å². The molecule has 140 valence electrons. The highest BCUT2D eigenvalue weighted by Gasteiger charge is 2.34. The number of aliphatic hydroxyl groups excluding tert-OH is 1. The molecular formula is C23H31NO2. The molecule has 2 aromatic carbocycles. The molecule has 1 saturated carbocycles. The van der Waals surface area contributed by atoms with Crippen molar-refractivity contribution in [1.29, 1.82) is 0 Å². The maximum absolute atomic E-state index is 10.3. The Kier molecular flexibility index (Phi) is 5.69. The van der Waals surface area contributed by atoms with E-state index >= 15 is 0 Å². The van der Waals surface area contributed by atoms with E-state index < -0.39 is 0 Å². The molecule has 3 atom stereocenters. The van der Waals surface area contributed by atoms with Gasteiger partial charge >= 0.3 is 0 Å². The molecule has 0 spiro atoms. The molecule has 3 rings (SSSR count). The van der Waals surface area contributed by atoms with E-state index in [1.54, 1.807) is 0 Å². The fourth-order valence-corrected chi connectivity index (χ4v) is 3.77. The Morgan fingerprint density at radius 2 is 1.54 bits per heavy atom. The first-order valence-electron chi connectivity index (χ1n) is 9.58. The Bertz CT molecular complexity index is 700. The van der Waals surface area contributed by atoms with Crippen LogP contribution in [0.1, 0.15) is 44.7 Å². The van der Waals surface area contributed by atoms with Crippen molar-refractivity contribution >= 4 is 0 Å². The Morgan fingerprint density at radius 1 is 0.962 bits per heavy atom. The molecule has 0 aromatic heterocycles. The van der Waals surface area contributed by atoms with Gasteiger partial charge < -0.3 is 15.2 Å². The van der Waals surface area contributed by atoms with E-state index in [2.05, 4.69) is 57.3 Å². The van der Waals surface area contributed by atoms with Crippen LogP contribution >= 0.6 is 0 Å². The van der Waals surface area contributed by atoms with Gasteiger partial charge in [0.2, 0.25) is 0 Å². The lowest BCUT2D eigenvalue weighted by Gasteiger charge is -2.27. The average Bonchev–Trinajstić information content (AvgIpc) is 2.89. The van der Waals surface area contributed by atoms with E-state index in [1.807, 2.05) is 24.3 Å². The molecule has 0 amide bonds. The highest BCUT2D eigenvalue weighted by molar-refractivity contribution is 5.34. The van der Waals surface area contributed by atoms with Gasteiger partial charge in [0.25, 0.3) is 0 Å². The zero-order valence-corrected chi connectivity index (χ0v) is 16.3. The molecule has 1 fully saturated rings. The van der Waals surface area contributed by atoms with Crippen molar-refractivity contribution in [2.45, 2.75) is 64.6 Å². The van der Waals surface area contributed by atoms with Gasteiger partial charge in [-0.25, -0.2) is 0 Å². The second kappa shape index (κ2) is 7.81. The lowest BCUT2D eigenvalue weighted by atomic mass is 9.97. The van der Waals surface area contributed by atoms with Crippen molar-refractivity contribution in [3.63, 3.8) is 0 Å². The van der Waals surface area contributed by atoms with Crippen LogP contribution in [0.4, 0.5) is 0 Å². The quantitative estimate of drug-likeness (QED) is 0.807. The Labute approximate surface area is 157 Å². The minimum Gasteiger partial charge on any atom is -0.457 e. The fourth-order valence-electron chi connectivity index (χ4n) is 3.77. The molecule has 0 saturated heterocycles. The van der Waals surface area contributed by atoms with E-state index in [-0.39, 0.29) is 17.7 Å². The van der Waals surface area contributed by atoms with Crippen molar-refractivity contribution in [3.05, 3.63) is 59.7 Å². The summed E-state index contributed by atoms with van der Waals surface area (Å²) >= 11 is 0. The first-order chi connectivity index (χ1) is 12.3. The summed E-state index contributed by atoms with van der Waals surface area (Å²) in [6.45, 7) is 8.53. The van der Waals surface area contributed by atoms with E-state index in [0.717, 1.165) is 30.8 Å². The molecule has 3 nitrogen and oxygen atoms in total. The van der Waals surface area contributed by atoms with E-state index in [9.17, 15) is 5.11 Å². The molecule has 2 N–H and O–H groups in total. The predicted molar refractivity (Wildman–Crippen MR) is 107 cm³/mol. The van der Waals surface area contributed by atoms with Crippen LogP contribution in [0, 0.1) is 12.8 Å². The monoisotopic (exact) mass is 353 g/mol. The third-order valence-electron chi connectivity index (χ3n) is 4.95. The zero-order chi connectivity index (χ0) is 18.7. The van der Waals surface area contributed by atoms with Crippen molar-refractivity contribution in [2.24, 2.45) is 5.92 Å². The lowest BCUT2D eigenvalue weighted by molar-refractivity contribution is 0.133. The molecular weight excluding hydrogens is 322 g/mol. The Balaban J connectivity index is 1.55. The average molecular weight is 354 g/mol. The summed E-state index contributed by atoms with van der Waals surface area (Å²) in [5.74, 6) is 2.24. The first-order valence-corrected chi connectivity index (χ1v) is 9.58. The summed E-state index contributed by atoms with van der Waals surface area (Å²) in [5.41, 5.74) is 2.57. The molecule has 0 radical (unpaired) electrons. The number of ether oxygens (including phenoxy) is 1. The summed E-state index contributed by atoms with van der Waals surface area (Å²) in [6, 6.07) is 16.6. The molecule has 3 unspecified atom stereocenters. The van der Waals surface area contributed by atoms with Gasteiger partial charge in [0, 0.05) is 11.6 Å². The lowest BCUT2D eigenvalue weighted by Crippen LogP contribution is -2.47.